The van der Waals surface area contributed by atoms with Crippen molar-refractivity contribution in [2.24, 2.45) is 0 Å². The highest BCUT2D eigenvalue weighted by Gasteiger charge is 2.27. The Hall–Kier alpha value is -2.33. The fourth-order valence-corrected chi connectivity index (χ4v) is 3.84. The van der Waals surface area contributed by atoms with E-state index in [1.165, 1.54) is 0 Å². The zero-order valence-corrected chi connectivity index (χ0v) is 18.5. The standard InChI is InChI=1S/C25H25Cl2NO2/c1-17(25(30)19-11-7-4-8-12-19)28(2)24(29)16-21(18-9-5-3-6-10-18)20-13-14-22(26)23(27)15-20/h3-15,17,21,25,30H,16H2,1-2H3. The van der Waals surface area contributed by atoms with Crippen molar-refractivity contribution in [1.29, 1.82) is 0 Å². The number of likely N-dealkylation sites (N-methyl/N-ethyl adjacent to an activating group) is 1. The zero-order valence-electron chi connectivity index (χ0n) is 17.0. The number of aliphatic hydroxyl groups excluding tert-OH is 1. The maximum absolute atomic E-state index is 13.2. The highest BCUT2D eigenvalue weighted by molar-refractivity contribution is 6.42. The quantitative estimate of drug-likeness (QED) is 0.481. The van der Waals surface area contributed by atoms with Crippen LogP contribution in [0.4, 0.5) is 0 Å². The molecule has 0 spiro atoms. The second-order valence-electron chi connectivity index (χ2n) is 7.44. The van der Waals surface area contributed by atoms with E-state index in [0.717, 1.165) is 16.7 Å². The van der Waals surface area contributed by atoms with Crippen molar-refractivity contribution in [2.45, 2.75) is 31.4 Å². The van der Waals surface area contributed by atoms with Gasteiger partial charge in [0.15, 0.2) is 0 Å². The topological polar surface area (TPSA) is 40.5 Å². The summed E-state index contributed by atoms with van der Waals surface area (Å²) in [5.74, 6) is -0.227. The van der Waals surface area contributed by atoms with Crippen LogP contribution in [0, 0.1) is 0 Å². The summed E-state index contributed by atoms with van der Waals surface area (Å²) in [6, 6.07) is 24.3. The molecule has 0 aliphatic heterocycles. The Morgan fingerprint density at radius 3 is 2.00 bits per heavy atom. The first-order chi connectivity index (χ1) is 14.4. The lowest BCUT2D eigenvalue weighted by atomic mass is 9.88. The highest BCUT2D eigenvalue weighted by atomic mass is 35.5. The SMILES string of the molecule is CC(C(O)c1ccccc1)N(C)C(=O)CC(c1ccccc1)c1ccc(Cl)c(Cl)c1. The number of benzene rings is 3. The monoisotopic (exact) mass is 441 g/mol. The molecule has 0 bridgehead atoms. The van der Waals surface area contributed by atoms with Gasteiger partial charge in [-0.2, -0.15) is 0 Å². The van der Waals surface area contributed by atoms with E-state index < -0.39 is 6.10 Å². The lowest BCUT2D eigenvalue weighted by Gasteiger charge is -2.31. The number of aliphatic hydroxyl groups is 1. The molecule has 3 aromatic carbocycles. The van der Waals surface area contributed by atoms with Gasteiger partial charge < -0.3 is 10.0 Å². The molecular formula is C25H25Cl2NO2. The molecule has 3 rings (SSSR count). The van der Waals surface area contributed by atoms with Crippen LogP contribution in [0.5, 0.6) is 0 Å². The maximum Gasteiger partial charge on any atom is 0.223 e. The van der Waals surface area contributed by atoms with Crippen LogP contribution in [0.15, 0.2) is 78.9 Å². The molecule has 156 valence electrons. The van der Waals surface area contributed by atoms with E-state index in [2.05, 4.69) is 0 Å². The number of halogens is 2. The first-order valence-corrected chi connectivity index (χ1v) is 10.6. The smallest absolute Gasteiger partial charge is 0.223 e. The van der Waals surface area contributed by atoms with Crippen LogP contribution < -0.4 is 0 Å². The molecular weight excluding hydrogens is 417 g/mol. The zero-order chi connectivity index (χ0) is 21.7. The van der Waals surface area contributed by atoms with E-state index in [1.807, 2.05) is 79.7 Å². The number of hydrogen-bond donors (Lipinski definition) is 1. The molecule has 5 heteroatoms. The van der Waals surface area contributed by atoms with Gasteiger partial charge in [0.1, 0.15) is 0 Å². The highest BCUT2D eigenvalue weighted by Crippen LogP contribution is 2.33. The number of carbonyl (C=O) groups is 1. The minimum Gasteiger partial charge on any atom is -0.386 e. The predicted molar refractivity (Wildman–Crippen MR) is 123 cm³/mol. The Morgan fingerprint density at radius 2 is 1.43 bits per heavy atom. The van der Waals surface area contributed by atoms with Gasteiger partial charge in [-0.15, -0.1) is 0 Å². The molecule has 0 aliphatic carbocycles. The van der Waals surface area contributed by atoms with Crippen LogP contribution in [0.2, 0.25) is 10.0 Å². The summed E-state index contributed by atoms with van der Waals surface area (Å²) in [7, 11) is 1.73. The molecule has 1 amide bonds. The normalized spacial score (nSPS) is 14.0. The fourth-order valence-electron chi connectivity index (χ4n) is 3.53. The average molecular weight is 442 g/mol. The molecule has 0 aromatic heterocycles. The number of hydrogen-bond acceptors (Lipinski definition) is 2. The van der Waals surface area contributed by atoms with Crippen LogP contribution in [0.3, 0.4) is 0 Å². The summed E-state index contributed by atoms with van der Waals surface area (Å²) in [5.41, 5.74) is 2.73. The van der Waals surface area contributed by atoms with E-state index >= 15 is 0 Å². The van der Waals surface area contributed by atoms with Crippen LogP contribution >= 0.6 is 23.2 Å². The second kappa shape index (κ2) is 10.1. The molecule has 3 nitrogen and oxygen atoms in total. The molecule has 0 aliphatic rings. The van der Waals surface area contributed by atoms with E-state index in [1.54, 1.807) is 18.0 Å². The number of nitrogens with zero attached hydrogens (tertiary/aromatic N) is 1. The third-order valence-electron chi connectivity index (χ3n) is 5.53. The summed E-state index contributed by atoms with van der Waals surface area (Å²) in [6.45, 7) is 1.85. The van der Waals surface area contributed by atoms with Crippen LogP contribution in [0.1, 0.15) is 42.1 Å². The molecule has 3 atom stereocenters. The molecule has 1 N–H and O–H groups in total. The second-order valence-corrected chi connectivity index (χ2v) is 8.26. The van der Waals surface area contributed by atoms with Crippen molar-refractivity contribution in [1.82, 2.24) is 4.90 Å². The van der Waals surface area contributed by atoms with Gasteiger partial charge >= 0.3 is 0 Å². The summed E-state index contributed by atoms with van der Waals surface area (Å²) < 4.78 is 0. The minimum absolute atomic E-state index is 0.0580. The summed E-state index contributed by atoms with van der Waals surface area (Å²) in [5, 5.41) is 11.7. The lowest BCUT2D eigenvalue weighted by molar-refractivity contribution is -0.134. The number of carbonyl (C=O) groups excluding carboxylic acids is 1. The van der Waals surface area contributed by atoms with Gasteiger partial charge in [0.05, 0.1) is 22.2 Å². The van der Waals surface area contributed by atoms with Gasteiger partial charge in [-0.3, -0.25) is 4.79 Å². The van der Waals surface area contributed by atoms with E-state index in [-0.39, 0.29) is 24.3 Å². The molecule has 0 fully saturated rings. The van der Waals surface area contributed by atoms with E-state index in [4.69, 9.17) is 23.2 Å². The van der Waals surface area contributed by atoms with Crippen molar-refractivity contribution in [3.63, 3.8) is 0 Å². The first kappa shape index (κ1) is 22.4. The van der Waals surface area contributed by atoms with Gasteiger partial charge in [0, 0.05) is 19.4 Å². The largest absolute Gasteiger partial charge is 0.386 e. The maximum atomic E-state index is 13.2. The minimum atomic E-state index is -0.764. The van der Waals surface area contributed by atoms with Crippen LogP contribution in [-0.4, -0.2) is 29.0 Å². The van der Waals surface area contributed by atoms with Crippen molar-refractivity contribution < 1.29 is 9.90 Å². The van der Waals surface area contributed by atoms with Gasteiger partial charge in [-0.1, -0.05) is 89.9 Å². The van der Waals surface area contributed by atoms with Gasteiger partial charge in [0.25, 0.3) is 0 Å². The molecule has 30 heavy (non-hydrogen) atoms. The summed E-state index contributed by atoms with van der Waals surface area (Å²) in [4.78, 5) is 14.8. The summed E-state index contributed by atoms with van der Waals surface area (Å²) in [6.07, 6.45) is -0.509. The van der Waals surface area contributed by atoms with Crippen molar-refractivity contribution in [2.75, 3.05) is 7.05 Å². The van der Waals surface area contributed by atoms with E-state index in [0.29, 0.717) is 10.0 Å². The van der Waals surface area contributed by atoms with Crippen LogP contribution in [-0.2, 0) is 4.79 Å². The van der Waals surface area contributed by atoms with Gasteiger partial charge in [0.2, 0.25) is 5.91 Å². The molecule has 3 unspecified atom stereocenters. The summed E-state index contributed by atoms with van der Waals surface area (Å²) >= 11 is 12.3. The third kappa shape index (κ3) is 5.23. The van der Waals surface area contributed by atoms with Crippen molar-refractivity contribution in [3.05, 3.63) is 106 Å². The van der Waals surface area contributed by atoms with E-state index in [9.17, 15) is 9.90 Å². The number of rotatable bonds is 7. The van der Waals surface area contributed by atoms with Crippen LogP contribution in [0.25, 0.3) is 0 Å². The molecule has 0 saturated heterocycles. The Kier molecular flexibility index (Phi) is 7.54. The van der Waals surface area contributed by atoms with Gasteiger partial charge in [-0.25, -0.2) is 0 Å². The number of amides is 1. The van der Waals surface area contributed by atoms with Crippen molar-refractivity contribution in [3.8, 4) is 0 Å². The molecule has 0 saturated carbocycles. The third-order valence-corrected chi connectivity index (χ3v) is 6.27. The Bertz CT molecular complexity index is 979. The fraction of sp³-hybridized carbons (Fsp3) is 0.240. The average Bonchev–Trinajstić information content (AvgIpc) is 2.79. The first-order valence-electron chi connectivity index (χ1n) is 9.87. The lowest BCUT2D eigenvalue weighted by Crippen LogP contribution is -2.39. The van der Waals surface area contributed by atoms with Crippen molar-refractivity contribution >= 4 is 29.1 Å². The molecule has 0 heterocycles. The predicted octanol–water partition coefficient (Wildman–Crippen LogP) is 6.10. The van der Waals surface area contributed by atoms with Gasteiger partial charge in [-0.05, 0) is 35.7 Å². The Labute approximate surface area is 187 Å². The molecule has 0 radical (unpaired) electrons. The Balaban J connectivity index is 1.83. The molecule has 3 aromatic rings. The Morgan fingerprint density at radius 1 is 0.867 bits per heavy atom.